The molecule has 1 atom stereocenters. The van der Waals surface area contributed by atoms with Crippen molar-refractivity contribution in [1.82, 2.24) is 5.01 Å². The van der Waals surface area contributed by atoms with Crippen LogP contribution in [0.4, 0.5) is 0 Å². The van der Waals surface area contributed by atoms with Crippen molar-refractivity contribution < 1.29 is 9.53 Å². The van der Waals surface area contributed by atoms with Crippen LogP contribution in [0, 0.1) is 5.92 Å². The minimum Gasteiger partial charge on any atom is -0.461 e. The molecule has 1 aliphatic rings. The normalized spacial score (nSPS) is 21.1. The molecule has 2 N–H and O–H groups in total. The maximum absolute atomic E-state index is 11.8. The number of nitrogens with two attached hydrogens (primary N) is 1. The van der Waals surface area contributed by atoms with Gasteiger partial charge in [-0.15, -0.1) is 0 Å². The first-order chi connectivity index (χ1) is 8.25. The van der Waals surface area contributed by atoms with E-state index < -0.39 is 0 Å². The zero-order valence-corrected chi connectivity index (χ0v) is 9.84. The van der Waals surface area contributed by atoms with Crippen LogP contribution >= 0.6 is 0 Å². The molecule has 1 aliphatic heterocycles. The Morgan fingerprint density at radius 3 is 2.88 bits per heavy atom. The van der Waals surface area contributed by atoms with Gasteiger partial charge in [-0.05, 0) is 18.4 Å². The highest BCUT2D eigenvalue weighted by molar-refractivity contribution is 5.72. The topological polar surface area (TPSA) is 55.6 Å². The van der Waals surface area contributed by atoms with Crippen LogP contribution < -0.4 is 5.84 Å². The third kappa shape index (κ3) is 3.54. The maximum Gasteiger partial charge on any atom is 0.310 e. The molecule has 0 spiro atoms. The van der Waals surface area contributed by atoms with E-state index in [0.717, 1.165) is 24.9 Å². The molecule has 0 unspecified atom stereocenters. The van der Waals surface area contributed by atoms with Crippen LogP contribution in [0.25, 0.3) is 0 Å². The van der Waals surface area contributed by atoms with E-state index in [2.05, 4.69) is 0 Å². The van der Waals surface area contributed by atoms with E-state index in [9.17, 15) is 4.79 Å². The van der Waals surface area contributed by atoms with Crippen molar-refractivity contribution >= 4 is 5.97 Å². The zero-order valence-electron chi connectivity index (χ0n) is 9.84. The van der Waals surface area contributed by atoms with E-state index >= 15 is 0 Å². The standard InChI is InChI=1S/C13H18N2O2/c14-15-8-4-7-12(9-15)13(16)17-10-11-5-2-1-3-6-11/h1-3,5-6,12H,4,7-10,14H2/t12-/m0/s1. The van der Waals surface area contributed by atoms with E-state index in [1.807, 2.05) is 30.3 Å². The zero-order chi connectivity index (χ0) is 12.1. The van der Waals surface area contributed by atoms with Gasteiger partial charge in [0.15, 0.2) is 0 Å². The quantitative estimate of drug-likeness (QED) is 0.633. The Labute approximate surface area is 101 Å². The van der Waals surface area contributed by atoms with Gasteiger partial charge in [-0.3, -0.25) is 10.6 Å². The minimum absolute atomic E-state index is 0.0718. The Balaban J connectivity index is 1.81. The third-order valence-corrected chi connectivity index (χ3v) is 3.01. The number of piperidine rings is 1. The molecule has 1 fully saturated rings. The molecule has 1 aromatic carbocycles. The summed E-state index contributed by atoms with van der Waals surface area (Å²) >= 11 is 0. The molecule has 4 heteroatoms. The van der Waals surface area contributed by atoms with Gasteiger partial charge in [0, 0.05) is 13.1 Å². The maximum atomic E-state index is 11.8. The van der Waals surface area contributed by atoms with Crippen LogP contribution in [0.1, 0.15) is 18.4 Å². The summed E-state index contributed by atoms with van der Waals surface area (Å²) in [6.45, 7) is 1.82. The first-order valence-corrected chi connectivity index (χ1v) is 5.96. The summed E-state index contributed by atoms with van der Waals surface area (Å²) in [5, 5.41) is 1.69. The summed E-state index contributed by atoms with van der Waals surface area (Å²) in [7, 11) is 0. The summed E-state index contributed by atoms with van der Waals surface area (Å²) in [4.78, 5) is 11.8. The molecule has 4 nitrogen and oxygen atoms in total. The van der Waals surface area contributed by atoms with Crippen molar-refractivity contribution in [2.24, 2.45) is 11.8 Å². The molecule has 0 saturated carbocycles. The van der Waals surface area contributed by atoms with E-state index in [1.54, 1.807) is 5.01 Å². The molecule has 0 bridgehead atoms. The second-order valence-corrected chi connectivity index (χ2v) is 4.43. The molecule has 2 rings (SSSR count). The number of hydrogen-bond acceptors (Lipinski definition) is 4. The summed E-state index contributed by atoms with van der Waals surface area (Å²) in [6.07, 6.45) is 1.84. The predicted molar refractivity (Wildman–Crippen MR) is 64.7 cm³/mol. The van der Waals surface area contributed by atoms with E-state index in [1.165, 1.54) is 0 Å². The average molecular weight is 234 g/mol. The molecule has 1 heterocycles. The Kier molecular flexibility index (Phi) is 4.12. The van der Waals surface area contributed by atoms with Gasteiger partial charge in [0.05, 0.1) is 5.92 Å². The lowest BCUT2D eigenvalue weighted by atomic mass is 9.99. The fourth-order valence-electron chi connectivity index (χ4n) is 2.05. The SMILES string of the molecule is NN1CCC[C@H](C(=O)OCc2ccccc2)C1. The lowest BCUT2D eigenvalue weighted by Crippen LogP contribution is -2.43. The van der Waals surface area contributed by atoms with Crippen molar-refractivity contribution in [3.63, 3.8) is 0 Å². The van der Waals surface area contributed by atoms with Gasteiger partial charge in [0.2, 0.25) is 0 Å². The highest BCUT2D eigenvalue weighted by atomic mass is 16.5. The van der Waals surface area contributed by atoms with Gasteiger partial charge in [0.1, 0.15) is 6.61 Å². The number of carbonyl (C=O) groups is 1. The number of nitrogens with zero attached hydrogens (tertiary/aromatic N) is 1. The third-order valence-electron chi connectivity index (χ3n) is 3.01. The van der Waals surface area contributed by atoms with Crippen LogP contribution in [-0.4, -0.2) is 24.1 Å². The second kappa shape index (κ2) is 5.80. The lowest BCUT2D eigenvalue weighted by molar-refractivity contribution is -0.151. The summed E-state index contributed by atoms with van der Waals surface area (Å²) in [5.74, 6) is 5.49. The predicted octanol–water partition coefficient (Wildman–Crippen LogP) is 1.32. The lowest BCUT2D eigenvalue weighted by Gasteiger charge is -2.27. The number of esters is 1. The van der Waals surface area contributed by atoms with Gasteiger partial charge in [-0.25, -0.2) is 5.01 Å². The number of hydrogen-bond donors (Lipinski definition) is 1. The molecule has 17 heavy (non-hydrogen) atoms. The van der Waals surface area contributed by atoms with Crippen LogP contribution in [0.3, 0.4) is 0 Å². The number of ether oxygens (including phenoxy) is 1. The monoisotopic (exact) mass is 234 g/mol. The van der Waals surface area contributed by atoms with Crippen molar-refractivity contribution in [3.8, 4) is 0 Å². The highest BCUT2D eigenvalue weighted by Gasteiger charge is 2.25. The number of hydrazine groups is 1. The molecule has 92 valence electrons. The van der Waals surface area contributed by atoms with Crippen LogP contribution in [0.15, 0.2) is 30.3 Å². The Morgan fingerprint density at radius 2 is 2.18 bits per heavy atom. The highest BCUT2D eigenvalue weighted by Crippen LogP contribution is 2.16. The molecule has 1 saturated heterocycles. The minimum atomic E-state index is -0.135. The fraction of sp³-hybridized carbons (Fsp3) is 0.462. The summed E-state index contributed by atoms with van der Waals surface area (Å²) in [6, 6.07) is 9.71. The fourth-order valence-corrected chi connectivity index (χ4v) is 2.05. The van der Waals surface area contributed by atoms with Gasteiger partial charge < -0.3 is 4.74 Å². The van der Waals surface area contributed by atoms with Crippen LogP contribution in [0.2, 0.25) is 0 Å². The van der Waals surface area contributed by atoms with E-state index in [0.29, 0.717) is 13.2 Å². The first kappa shape index (κ1) is 12.1. The van der Waals surface area contributed by atoms with Gasteiger partial charge in [0.25, 0.3) is 0 Å². The van der Waals surface area contributed by atoms with Gasteiger partial charge in [-0.1, -0.05) is 30.3 Å². The molecule has 0 aliphatic carbocycles. The number of rotatable bonds is 3. The summed E-state index contributed by atoms with van der Waals surface area (Å²) < 4.78 is 5.29. The molecular weight excluding hydrogens is 216 g/mol. The Bertz CT molecular complexity index is 367. The van der Waals surface area contributed by atoms with Crippen LogP contribution in [0.5, 0.6) is 0 Å². The molecule has 0 amide bonds. The molecule has 1 aromatic rings. The molecular formula is C13H18N2O2. The van der Waals surface area contributed by atoms with Gasteiger partial charge in [-0.2, -0.15) is 0 Å². The Morgan fingerprint density at radius 1 is 1.41 bits per heavy atom. The smallest absolute Gasteiger partial charge is 0.310 e. The number of carbonyl (C=O) groups excluding carboxylic acids is 1. The first-order valence-electron chi connectivity index (χ1n) is 5.96. The second-order valence-electron chi connectivity index (χ2n) is 4.43. The molecule has 0 radical (unpaired) electrons. The van der Waals surface area contributed by atoms with Gasteiger partial charge >= 0.3 is 5.97 Å². The van der Waals surface area contributed by atoms with Crippen molar-refractivity contribution in [2.45, 2.75) is 19.4 Å². The van der Waals surface area contributed by atoms with Crippen LogP contribution in [-0.2, 0) is 16.1 Å². The Hall–Kier alpha value is -1.39. The van der Waals surface area contributed by atoms with E-state index in [4.69, 9.17) is 10.6 Å². The largest absolute Gasteiger partial charge is 0.461 e. The van der Waals surface area contributed by atoms with E-state index in [-0.39, 0.29) is 11.9 Å². The van der Waals surface area contributed by atoms with Crippen molar-refractivity contribution in [3.05, 3.63) is 35.9 Å². The van der Waals surface area contributed by atoms with Crippen molar-refractivity contribution in [2.75, 3.05) is 13.1 Å². The summed E-state index contributed by atoms with van der Waals surface area (Å²) in [5.41, 5.74) is 1.02. The average Bonchev–Trinajstić information content (AvgIpc) is 2.37. The molecule has 0 aromatic heterocycles. The van der Waals surface area contributed by atoms with Crippen molar-refractivity contribution in [1.29, 1.82) is 0 Å². The number of benzene rings is 1.